The minimum absolute atomic E-state index is 0.0109. The minimum Gasteiger partial charge on any atom is -0.482 e. The maximum absolute atomic E-state index is 13.6. The van der Waals surface area contributed by atoms with E-state index in [1.165, 1.54) is 4.90 Å². The molecule has 3 heterocycles. The number of likely N-dealkylation sites (tertiary alicyclic amines) is 1. The van der Waals surface area contributed by atoms with Gasteiger partial charge in [0.2, 0.25) is 11.8 Å². The highest BCUT2D eigenvalue weighted by Crippen LogP contribution is 2.69. The van der Waals surface area contributed by atoms with Crippen molar-refractivity contribution in [3.63, 3.8) is 0 Å². The van der Waals surface area contributed by atoms with Crippen molar-refractivity contribution in [2.45, 2.75) is 42.4 Å². The summed E-state index contributed by atoms with van der Waals surface area (Å²) in [7, 11) is 0. The predicted octanol–water partition coefficient (Wildman–Crippen LogP) is 2.72. The molecule has 2 bridgehead atoms. The first-order valence-corrected chi connectivity index (χ1v) is 14.8. The number of nitrogens with zero attached hydrogens (tertiary/aromatic N) is 1. The molecule has 2 amide bonds. The summed E-state index contributed by atoms with van der Waals surface area (Å²) >= 11 is 2.75. The molecule has 3 fully saturated rings. The Labute approximate surface area is 232 Å². The molecular formula is C27H28N2O8S2. The van der Waals surface area contributed by atoms with Crippen molar-refractivity contribution in [3.05, 3.63) is 44.4 Å². The Morgan fingerprint density at radius 3 is 2.62 bits per heavy atom. The number of aliphatic carboxylic acids is 1. The number of thiazole rings is 1. The first-order chi connectivity index (χ1) is 18.8. The number of carbonyl (C=O) groups is 4. The van der Waals surface area contributed by atoms with Gasteiger partial charge in [-0.1, -0.05) is 29.5 Å². The van der Waals surface area contributed by atoms with Gasteiger partial charge in [0.05, 0.1) is 23.5 Å². The maximum Gasteiger partial charge on any atom is 0.344 e. The number of para-hydroxylation sites is 1. The summed E-state index contributed by atoms with van der Waals surface area (Å²) in [5.41, 5.74) is 0.841. The second kappa shape index (κ2) is 10.1. The first-order valence-electron chi connectivity index (χ1n) is 13.1. The monoisotopic (exact) mass is 572 g/mol. The Hall–Kier alpha value is -3.12. The third-order valence-electron chi connectivity index (χ3n) is 8.49. The lowest BCUT2D eigenvalue weighted by Gasteiger charge is -2.43. The number of carbonyl (C=O) groups excluding carboxylic acids is 3. The Morgan fingerprint density at radius 2 is 1.87 bits per heavy atom. The number of amides is 2. The molecule has 1 saturated heterocycles. The summed E-state index contributed by atoms with van der Waals surface area (Å²) in [6, 6.07) is 7.45. The average Bonchev–Trinajstić information content (AvgIpc) is 3.63. The Kier molecular flexibility index (Phi) is 6.78. The molecular weight excluding hydrogens is 544 g/mol. The topological polar surface area (TPSA) is 143 Å². The van der Waals surface area contributed by atoms with Gasteiger partial charge in [0, 0.05) is 34.6 Å². The van der Waals surface area contributed by atoms with Gasteiger partial charge in [0.25, 0.3) is 0 Å². The Balaban J connectivity index is 1.35. The Morgan fingerprint density at radius 1 is 1.13 bits per heavy atom. The second-order valence-corrected chi connectivity index (χ2v) is 12.6. The Bertz CT molecular complexity index is 1400. The van der Waals surface area contributed by atoms with Crippen LogP contribution in [-0.4, -0.2) is 63.8 Å². The van der Waals surface area contributed by atoms with Gasteiger partial charge in [-0.05, 0) is 43.6 Å². The molecule has 2 N–H and O–H groups in total. The summed E-state index contributed by atoms with van der Waals surface area (Å²) in [5, 5.41) is 9.81. The van der Waals surface area contributed by atoms with Gasteiger partial charge >= 0.3 is 16.8 Å². The van der Waals surface area contributed by atoms with Gasteiger partial charge < -0.3 is 19.6 Å². The molecule has 0 spiro atoms. The van der Waals surface area contributed by atoms with E-state index in [1.807, 2.05) is 18.2 Å². The molecule has 206 valence electrons. The molecule has 6 rings (SSSR count). The van der Waals surface area contributed by atoms with Crippen molar-refractivity contribution in [2.75, 3.05) is 19.8 Å². The molecule has 1 aromatic heterocycles. The van der Waals surface area contributed by atoms with Gasteiger partial charge in [-0.15, -0.1) is 11.8 Å². The molecule has 12 heteroatoms. The molecule has 1 aromatic carbocycles. The SMILES string of the molecule is CCOC(=O)COc1ccccc1[C@H]1c2sc(=O)[nH]c2SC2C3CC(C4C(=O)N(CCCC(=O)O)C(=O)C34)C21. The standard InChI is InChI=1S/C27H28N2O8S2/c1-2-36-17(32)11-37-15-7-4-3-6-12(15)18-19-13-10-14(22(19)38-24-23(18)39-27(35)28-24)21-20(13)25(33)29(26(21)34)9-5-8-16(30)31/h3-4,6-7,13-14,18-22H,2,5,8-11H2,1H3,(H,28,35)(H,30,31)/t13?,14?,18-,19?,20?,21?,22?/m1/s1. The average molecular weight is 573 g/mol. The van der Waals surface area contributed by atoms with Crippen LogP contribution in [0.3, 0.4) is 0 Å². The highest BCUT2D eigenvalue weighted by molar-refractivity contribution is 8.00. The number of ether oxygens (including phenoxy) is 2. The number of fused-ring (bicyclic) bond motifs is 9. The zero-order chi connectivity index (χ0) is 27.4. The number of carboxylic acid groups (broad SMARTS) is 1. The largest absolute Gasteiger partial charge is 0.482 e. The number of thioether (sulfide) groups is 1. The fourth-order valence-electron chi connectivity index (χ4n) is 7.24. The van der Waals surface area contributed by atoms with E-state index in [2.05, 4.69) is 4.98 Å². The van der Waals surface area contributed by atoms with Crippen LogP contribution in [0.25, 0.3) is 0 Å². The van der Waals surface area contributed by atoms with Crippen LogP contribution in [0.5, 0.6) is 5.75 Å². The van der Waals surface area contributed by atoms with E-state index in [0.717, 1.165) is 33.2 Å². The lowest BCUT2D eigenvalue weighted by atomic mass is 9.68. The number of esters is 1. The van der Waals surface area contributed by atoms with Crippen LogP contribution in [0.1, 0.15) is 42.5 Å². The van der Waals surface area contributed by atoms with Crippen molar-refractivity contribution in [1.29, 1.82) is 0 Å². The van der Waals surface area contributed by atoms with E-state index in [1.54, 1.807) is 24.8 Å². The number of hydrogen-bond acceptors (Lipinski definition) is 9. The molecule has 39 heavy (non-hydrogen) atoms. The number of aromatic amines is 1. The van der Waals surface area contributed by atoms with Crippen LogP contribution in [0.2, 0.25) is 0 Å². The molecule has 2 aliphatic heterocycles. The predicted molar refractivity (Wildman–Crippen MR) is 141 cm³/mol. The van der Waals surface area contributed by atoms with Gasteiger partial charge in [-0.3, -0.25) is 24.1 Å². The number of benzene rings is 1. The normalized spacial score (nSPS) is 30.2. The quantitative estimate of drug-likeness (QED) is 0.342. The van der Waals surface area contributed by atoms with E-state index in [9.17, 15) is 24.0 Å². The van der Waals surface area contributed by atoms with Gasteiger partial charge in [-0.2, -0.15) is 0 Å². The number of hydrogen-bond donors (Lipinski definition) is 2. The van der Waals surface area contributed by atoms with Crippen molar-refractivity contribution in [3.8, 4) is 5.75 Å². The van der Waals surface area contributed by atoms with Crippen molar-refractivity contribution in [1.82, 2.24) is 9.88 Å². The summed E-state index contributed by atoms with van der Waals surface area (Å²) < 4.78 is 10.9. The lowest BCUT2D eigenvalue weighted by Crippen LogP contribution is -2.42. The van der Waals surface area contributed by atoms with Gasteiger partial charge in [-0.25, -0.2) is 4.79 Å². The van der Waals surface area contributed by atoms with Crippen LogP contribution >= 0.6 is 23.1 Å². The van der Waals surface area contributed by atoms with Crippen molar-refractivity contribution < 1.29 is 33.8 Å². The fourth-order valence-corrected chi connectivity index (χ4v) is 10.1. The van der Waals surface area contributed by atoms with Crippen molar-refractivity contribution >= 4 is 46.9 Å². The molecule has 6 unspecified atom stereocenters. The zero-order valence-electron chi connectivity index (χ0n) is 21.2. The number of carboxylic acids is 1. The van der Waals surface area contributed by atoms with Gasteiger partial charge in [0.15, 0.2) is 6.61 Å². The fraction of sp³-hybridized carbons (Fsp3) is 0.519. The molecule has 2 aliphatic carbocycles. The van der Waals surface area contributed by atoms with Crippen LogP contribution < -0.4 is 9.61 Å². The van der Waals surface area contributed by atoms with E-state index in [4.69, 9.17) is 14.6 Å². The van der Waals surface area contributed by atoms with E-state index >= 15 is 0 Å². The maximum atomic E-state index is 13.6. The van der Waals surface area contributed by atoms with Crippen LogP contribution in [-0.2, 0) is 23.9 Å². The zero-order valence-corrected chi connectivity index (χ0v) is 22.8. The van der Waals surface area contributed by atoms with E-state index in [0.29, 0.717) is 5.75 Å². The highest BCUT2D eigenvalue weighted by atomic mass is 32.2. The molecule has 10 nitrogen and oxygen atoms in total. The highest BCUT2D eigenvalue weighted by Gasteiger charge is 2.69. The molecule has 4 aliphatic rings. The van der Waals surface area contributed by atoms with Crippen LogP contribution in [0.15, 0.2) is 34.1 Å². The lowest BCUT2D eigenvalue weighted by molar-refractivity contribution is -0.145. The summed E-state index contributed by atoms with van der Waals surface area (Å²) in [4.78, 5) is 67.5. The number of imide groups is 1. The second-order valence-electron chi connectivity index (χ2n) is 10.4. The van der Waals surface area contributed by atoms with Crippen LogP contribution in [0.4, 0.5) is 0 Å². The number of aromatic nitrogens is 1. The summed E-state index contributed by atoms with van der Waals surface area (Å²) in [6.45, 7) is 1.85. The molecule has 0 radical (unpaired) electrons. The summed E-state index contributed by atoms with van der Waals surface area (Å²) in [5.74, 6) is -2.50. The smallest absolute Gasteiger partial charge is 0.344 e. The number of nitrogens with one attached hydrogen (secondary N) is 1. The molecule has 2 saturated carbocycles. The first kappa shape index (κ1) is 26.1. The number of rotatable bonds is 9. The van der Waals surface area contributed by atoms with E-state index in [-0.39, 0.29) is 78.2 Å². The van der Waals surface area contributed by atoms with E-state index < -0.39 is 23.8 Å². The summed E-state index contributed by atoms with van der Waals surface area (Å²) in [6.07, 6.45) is 0.883. The molecule has 2 aromatic rings. The third kappa shape index (κ3) is 4.28. The number of H-pyrrole nitrogens is 1. The van der Waals surface area contributed by atoms with Crippen LogP contribution in [0, 0.1) is 29.6 Å². The third-order valence-corrected chi connectivity index (χ3v) is 11.1. The molecule has 7 atom stereocenters. The van der Waals surface area contributed by atoms with Crippen molar-refractivity contribution in [2.24, 2.45) is 29.6 Å². The minimum atomic E-state index is -0.955. The van der Waals surface area contributed by atoms with Gasteiger partial charge in [0.1, 0.15) is 5.75 Å².